The van der Waals surface area contributed by atoms with E-state index in [2.05, 4.69) is 0 Å². The van der Waals surface area contributed by atoms with Gasteiger partial charge in [-0.15, -0.1) is 0 Å². The van der Waals surface area contributed by atoms with Crippen LogP contribution in [-0.4, -0.2) is 10.2 Å². The lowest BCUT2D eigenvalue weighted by Gasteiger charge is -2.39. The summed E-state index contributed by atoms with van der Waals surface area (Å²) in [6, 6.07) is 13.6. The Morgan fingerprint density at radius 1 is 0.750 bits per heavy atom. The van der Waals surface area contributed by atoms with Crippen molar-refractivity contribution in [1.29, 1.82) is 0 Å². The number of halogens is 2. The molecule has 2 rings (SSSR count). The molecule has 0 aliphatic carbocycles. The highest BCUT2D eigenvalue weighted by Gasteiger charge is 2.44. The number of hydrogen-bond donors (Lipinski definition) is 2. The number of rotatable bonds is 3. The quantitative estimate of drug-likeness (QED) is 0.895. The second-order valence-electron chi connectivity index (χ2n) is 5.17. The van der Waals surface area contributed by atoms with Crippen molar-refractivity contribution in [3.63, 3.8) is 0 Å². The summed E-state index contributed by atoms with van der Waals surface area (Å²) in [4.78, 5) is 0. The zero-order valence-electron chi connectivity index (χ0n) is 11.3. The van der Waals surface area contributed by atoms with Crippen LogP contribution in [0.25, 0.3) is 0 Å². The van der Waals surface area contributed by atoms with E-state index in [9.17, 15) is 10.2 Å². The molecule has 2 aromatic rings. The van der Waals surface area contributed by atoms with Gasteiger partial charge in [-0.25, -0.2) is 0 Å². The average molecular weight is 311 g/mol. The molecule has 2 nitrogen and oxygen atoms in total. The van der Waals surface area contributed by atoms with Crippen molar-refractivity contribution in [1.82, 2.24) is 0 Å². The molecule has 0 saturated heterocycles. The second-order valence-corrected chi connectivity index (χ2v) is 6.04. The van der Waals surface area contributed by atoms with E-state index < -0.39 is 11.2 Å². The topological polar surface area (TPSA) is 40.5 Å². The predicted octanol–water partition coefficient (Wildman–Crippen LogP) is 4.11. The monoisotopic (exact) mass is 310 g/mol. The van der Waals surface area contributed by atoms with Crippen molar-refractivity contribution in [2.24, 2.45) is 0 Å². The molecule has 0 spiro atoms. The van der Waals surface area contributed by atoms with E-state index in [-0.39, 0.29) is 0 Å². The molecule has 0 saturated carbocycles. The Bertz CT molecular complexity index is 566. The van der Waals surface area contributed by atoms with Crippen LogP contribution in [0, 0.1) is 0 Å². The summed E-state index contributed by atoms with van der Waals surface area (Å²) in [5, 5.41) is 22.7. The van der Waals surface area contributed by atoms with Crippen LogP contribution in [0.1, 0.15) is 25.0 Å². The minimum absolute atomic E-state index is 0.504. The first kappa shape index (κ1) is 15.3. The minimum Gasteiger partial charge on any atom is -0.382 e. The first-order chi connectivity index (χ1) is 9.25. The maximum Gasteiger partial charge on any atom is 0.119 e. The summed E-state index contributed by atoms with van der Waals surface area (Å²) in [7, 11) is 0. The van der Waals surface area contributed by atoms with Gasteiger partial charge >= 0.3 is 0 Å². The van der Waals surface area contributed by atoms with Crippen molar-refractivity contribution in [2.75, 3.05) is 0 Å². The van der Waals surface area contributed by atoms with Crippen LogP contribution in [0.5, 0.6) is 0 Å². The molecule has 0 fully saturated rings. The van der Waals surface area contributed by atoms with Crippen LogP contribution in [0.2, 0.25) is 10.0 Å². The fourth-order valence-electron chi connectivity index (χ4n) is 2.14. The van der Waals surface area contributed by atoms with Crippen molar-refractivity contribution in [2.45, 2.75) is 25.0 Å². The van der Waals surface area contributed by atoms with Crippen LogP contribution in [0.4, 0.5) is 0 Å². The molecule has 0 amide bonds. The normalized spacial score (nSPS) is 17.3. The minimum atomic E-state index is -1.51. The summed E-state index contributed by atoms with van der Waals surface area (Å²) in [5.74, 6) is 0. The lowest BCUT2D eigenvalue weighted by Crippen LogP contribution is -2.45. The maximum atomic E-state index is 10.8. The molecule has 0 radical (unpaired) electrons. The van der Waals surface area contributed by atoms with Crippen LogP contribution in [-0.2, 0) is 11.2 Å². The number of hydrogen-bond acceptors (Lipinski definition) is 2. The zero-order valence-corrected chi connectivity index (χ0v) is 12.8. The lowest BCUT2D eigenvalue weighted by atomic mass is 9.76. The van der Waals surface area contributed by atoms with Crippen molar-refractivity contribution < 1.29 is 10.2 Å². The summed E-state index contributed by atoms with van der Waals surface area (Å²) in [5.41, 5.74) is -1.95. The molecule has 4 heteroatoms. The van der Waals surface area contributed by atoms with Crippen LogP contribution in [0.3, 0.4) is 0 Å². The summed E-state index contributed by atoms with van der Waals surface area (Å²) in [6.07, 6.45) is 0. The Morgan fingerprint density at radius 3 is 1.40 bits per heavy atom. The Kier molecular flexibility index (Phi) is 4.12. The third-order valence-electron chi connectivity index (χ3n) is 3.72. The molecule has 2 N–H and O–H groups in total. The molecule has 0 aliphatic rings. The van der Waals surface area contributed by atoms with Gasteiger partial charge < -0.3 is 10.2 Å². The average Bonchev–Trinajstić information content (AvgIpc) is 2.38. The Labute approximate surface area is 128 Å². The standard InChI is InChI=1S/C16H16Cl2O2/c1-15(19,11-5-3-7-13(17)9-11)16(2,20)12-6-4-8-14(18)10-12/h3-10,19-20H,1-2H3/t15-,16+. The van der Waals surface area contributed by atoms with Crippen molar-refractivity contribution >= 4 is 23.2 Å². The molecule has 20 heavy (non-hydrogen) atoms. The highest BCUT2D eigenvalue weighted by atomic mass is 35.5. The van der Waals surface area contributed by atoms with E-state index in [1.807, 2.05) is 0 Å². The zero-order chi connectivity index (χ0) is 15.0. The Balaban J connectivity index is 2.51. The molecule has 0 aliphatic heterocycles. The molecular weight excluding hydrogens is 295 g/mol. The third kappa shape index (κ3) is 2.70. The van der Waals surface area contributed by atoms with E-state index in [1.54, 1.807) is 62.4 Å². The van der Waals surface area contributed by atoms with Crippen molar-refractivity contribution in [3.8, 4) is 0 Å². The van der Waals surface area contributed by atoms with Gasteiger partial charge in [-0.1, -0.05) is 47.5 Å². The van der Waals surface area contributed by atoms with Crippen LogP contribution < -0.4 is 0 Å². The third-order valence-corrected chi connectivity index (χ3v) is 4.19. The number of benzene rings is 2. The molecule has 2 atom stereocenters. The van der Waals surface area contributed by atoms with E-state index >= 15 is 0 Å². The summed E-state index contributed by atoms with van der Waals surface area (Å²) >= 11 is 11.9. The first-order valence-electron chi connectivity index (χ1n) is 6.22. The summed E-state index contributed by atoms with van der Waals surface area (Å²) < 4.78 is 0. The van der Waals surface area contributed by atoms with Gasteiger partial charge in [0.25, 0.3) is 0 Å². The van der Waals surface area contributed by atoms with Gasteiger partial charge in [0.05, 0.1) is 0 Å². The first-order valence-corrected chi connectivity index (χ1v) is 6.97. The molecule has 0 unspecified atom stereocenters. The van der Waals surface area contributed by atoms with Gasteiger partial charge in [-0.3, -0.25) is 0 Å². The molecular formula is C16H16Cl2O2. The smallest absolute Gasteiger partial charge is 0.119 e. The molecule has 0 bridgehead atoms. The van der Waals surface area contributed by atoms with Gasteiger partial charge in [0.1, 0.15) is 11.2 Å². The number of aliphatic hydroxyl groups is 2. The van der Waals surface area contributed by atoms with Gasteiger partial charge in [0, 0.05) is 10.0 Å². The molecule has 0 heterocycles. The van der Waals surface area contributed by atoms with E-state index in [1.165, 1.54) is 0 Å². The van der Waals surface area contributed by atoms with Gasteiger partial charge in [-0.2, -0.15) is 0 Å². The Morgan fingerprint density at radius 2 is 1.10 bits per heavy atom. The van der Waals surface area contributed by atoms with E-state index in [4.69, 9.17) is 23.2 Å². The van der Waals surface area contributed by atoms with Gasteiger partial charge in [0.15, 0.2) is 0 Å². The van der Waals surface area contributed by atoms with E-state index in [0.717, 1.165) is 0 Å². The highest BCUT2D eigenvalue weighted by Crippen LogP contribution is 2.41. The highest BCUT2D eigenvalue weighted by molar-refractivity contribution is 6.30. The van der Waals surface area contributed by atoms with Gasteiger partial charge in [-0.05, 0) is 49.2 Å². The van der Waals surface area contributed by atoms with Crippen molar-refractivity contribution in [3.05, 3.63) is 69.7 Å². The van der Waals surface area contributed by atoms with E-state index in [0.29, 0.717) is 21.2 Å². The fourth-order valence-corrected chi connectivity index (χ4v) is 2.53. The van der Waals surface area contributed by atoms with Crippen LogP contribution >= 0.6 is 23.2 Å². The molecule has 106 valence electrons. The SMILES string of the molecule is C[C@](O)(c1cccc(Cl)c1)[C@](C)(O)c1cccc(Cl)c1. The predicted molar refractivity (Wildman–Crippen MR) is 82.0 cm³/mol. The molecule has 0 aromatic heterocycles. The second kappa shape index (κ2) is 5.38. The maximum absolute atomic E-state index is 10.8. The largest absolute Gasteiger partial charge is 0.382 e. The Hall–Kier alpha value is -1.06. The summed E-state index contributed by atoms with van der Waals surface area (Å²) in [6.45, 7) is 3.11. The fraction of sp³-hybridized carbons (Fsp3) is 0.250. The molecule has 2 aromatic carbocycles. The van der Waals surface area contributed by atoms with Crippen LogP contribution in [0.15, 0.2) is 48.5 Å². The lowest BCUT2D eigenvalue weighted by molar-refractivity contribution is -0.143. The van der Waals surface area contributed by atoms with Gasteiger partial charge in [0.2, 0.25) is 0 Å².